The number of nitro groups is 4. The van der Waals surface area contributed by atoms with Crippen molar-refractivity contribution >= 4 is 54.7 Å². The highest BCUT2D eigenvalue weighted by Gasteiger charge is 2.17. The zero-order chi connectivity index (χ0) is 24.5. The molecule has 0 aromatic heterocycles. The molecule has 0 saturated carbocycles. The van der Waals surface area contributed by atoms with Crippen LogP contribution in [0.1, 0.15) is 25.7 Å². The molecule has 0 fully saturated rings. The Morgan fingerprint density at radius 2 is 0.781 bits per heavy atom. The van der Waals surface area contributed by atoms with Crippen molar-refractivity contribution in [2.75, 3.05) is 52.4 Å². The minimum Gasteiger partial charge on any atom is -0.356 e. The Balaban J connectivity index is 4.84. The van der Waals surface area contributed by atoms with Gasteiger partial charge in [-0.1, -0.05) is 24.4 Å². The van der Waals surface area contributed by atoms with E-state index < -0.39 is 19.7 Å². The third-order valence-electron chi connectivity index (χ3n) is 3.78. The maximum absolute atomic E-state index is 10.5. The molecule has 0 bridgehead atoms. The zero-order valence-electron chi connectivity index (χ0n) is 17.1. The fourth-order valence-electron chi connectivity index (χ4n) is 2.33. The molecule has 0 aromatic carbocycles. The van der Waals surface area contributed by atoms with E-state index in [-0.39, 0.29) is 78.0 Å². The molecule has 0 aromatic rings. The second-order valence-corrected chi connectivity index (χ2v) is 9.71. The molecule has 32 heavy (non-hydrogen) atoms. The predicted octanol–water partition coefficient (Wildman–Crippen LogP) is 2.21. The lowest BCUT2D eigenvalue weighted by atomic mass is 10.3. The zero-order valence-corrected chi connectivity index (χ0v) is 20.3. The number of thiocarbonyl (C=S) groups is 2. The van der Waals surface area contributed by atoms with E-state index in [1.54, 1.807) is 9.80 Å². The lowest BCUT2D eigenvalue weighted by Gasteiger charge is -2.26. The summed E-state index contributed by atoms with van der Waals surface area (Å²) in [5.41, 5.74) is 0. The van der Waals surface area contributed by atoms with Gasteiger partial charge in [-0.3, -0.25) is 40.5 Å². The maximum Gasteiger partial charge on any atom is 0.205 e. The molecule has 0 atom stereocenters. The van der Waals surface area contributed by atoms with Gasteiger partial charge in [-0.05, 0) is 21.6 Å². The van der Waals surface area contributed by atoms with Crippen LogP contribution in [0.25, 0.3) is 0 Å². The van der Waals surface area contributed by atoms with E-state index in [0.29, 0.717) is 8.64 Å². The highest BCUT2D eigenvalue weighted by molar-refractivity contribution is 8.89. The van der Waals surface area contributed by atoms with Gasteiger partial charge < -0.3 is 9.80 Å². The first-order chi connectivity index (χ1) is 15.0. The van der Waals surface area contributed by atoms with Crippen molar-refractivity contribution in [3.05, 3.63) is 40.5 Å². The fraction of sp³-hybridized carbons (Fsp3) is 0.857. The minimum atomic E-state index is -0.455. The van der Waals surface area contributed by atoms with Crippen molar-refractivity contribution in [2.45, 2.75) is 25.7 Å². The van der Waals surface area contributed by atoms with Crippen molar-refractivity contribution in [1.29, 1.82) is 0 Å². The molecule has 0 amide bonds. The van der Waals surface area contributed by atoms with Crippen LogP contribution in [0.5, 0.6) is 0 Å². The van der Waals surface area contributed by atoms with Crippen LogP contribution in [0.3, 0.4) is 0 Å². The van der Waals surface area contributed by atoms with Crippen molar-refractivity contribution < 1.29 is 19.7 Å². The van der Waals surface area contributed by atoms with Gasteiger partial charge >= 0.3 is 0 Å². The Labute approximate surface area is 202 Å². The molecule has 0 N–H and O–H groups in total. The fourth-order valence-corrected chi connectivity index (χ4v) is 5.08. The van der Waals surface area contributed by atoms with E-state index in [1.807, 2.05) is 0 Å². The molecule has 0 unspecified atom stereocenters. The smallest absolute Gasteiger partial charge is 0.205 e. The third-order valence-corrected chi connectivity index (χ3v) is 7.51. The molecule has 18 heteroatoms. The van der Waals surface area contributed by atoms with Crippen LogP contribution in [0.2, 0.25) is 0 Å². The molecule has 0 saturated heterocycles. The molecule has 0 rings (SSSR count). The van der Waals surface area contributed by atoms with Gasteiger partial charge in [0.15, 0.2) is 0 Å². The Morgan fingerprint density at radius 3 is 0.969 bits per heavy atom. The molecule has 0 aliphatic rings. The first-order valence-electron chi connectivity index (χ1n) is 9.42. The summed E-state index contributed by atoms with van der Waals surface area (Å²) in [6.07, 6.45) is 0.870. The SMILES string of the molecule is O=[N+]([O-])CCCN(CCC[N+](=O)[O-])C(=S)SSC(=S)N(CCC[N+](=O)[O-])CCC[N+](=O)[O-]. The van der Waals surface area contributed by atoms with Crippen LogP contribution in [-0.2, 0) is 0 Å². The maximum atomic E-state index is 10.5. The van der Waals surface area contributed by atoms with Gasteiger partial charge in [0.2, 0.25) is 26.2 Å². The minimum absolute atomic E-state index is 0.217. The number of nitrogens with zero attached hydrogens (tertiary/aromatic N) is 6. The number of hydrogen-bond donors (Lipinski definition) is 0. The Bertz CT molecular complexity index is 590. The van der Waals surface area contributed by atoms with E-state index >= 15 is 0 Å². The molecule has 14 nitrogen and oxygen atoms in total. The van der Waals surface area contributed by atoms with Gasteiger partial charge in [-0.2, -0.15) is 0 Å². The predicted molar refractivity (Wildman–Crippen MR) is 129 cm³/mol. The van der Waals surface area contributed by atoms with E-state index in [9.17, 15) is 40.5 Å². The summed E-state index contributed by atoms with van der Waals surface area (Å²) in [6, 6.07) is 0. The molecule has 0 aliphatic carbocycles. The number of hydrogen-bond acceptors (Lipinski definition) is 12. The van der Waals surface area contributed by atoms with Crippen molar-refractivity contribution in [3.8, 4) is 0 Å². The Morgan fingerprint density at radius 1 is 0.562 bits per heavy atom. The second kappa shape index (κ2) is 17.6. The molecular weight excluding hydrogens is 508 g/mol. The highest BCUT2D eigenvalue weighted by Crippen LogP contribution is 2.29. The largest absolute Gasteiger partial charge is 0.356 e. The standard InChI is InChI=1S/C14H24N6O8S4/c21-17(22)9-1-5-15(6-2-10-18(23)24)13(29)31-32-14(30)16(7-3-11-19(25)26)8-4-12-20(27)28/h1-12H2. The third kappa shape index (κ3) is 16.7. The first kappa shape index (κ1) is 30.1. The highest BCUT2D eigenvalue weighted by atomic mass is 33.1. The molecule has 182 valence electrons. The van der Waals surface area contributed by atoms with Crippen LogP contribution in [0.4, 0.5) is 0 Å². The summed E-state index contributed by atoms with van der Waals surface area (Å²) < 4.78 is 0.694. The average molecular weight is 533 g/mol. The van der Waals surface area contributed by atoms with E-state index in [4.69, 9.17) is 24.4 Å². The number of rotatable bonds is 16. The van der Waals surface area contributed by atoms with Crippen molar-refractivity contribution in [1.82, 2.24) is 9.80 Å². The van der Waals surface area contributed by atoms with Crippen molar-refractivity contribution in [3.63, 3.8) is 0 Å². The van der Waals surface area contributed by atoms with E-state index in [1.165, 1.54) is 0 Å². The van der Waals surface area contributed by atoms with Crippen LogP contribution in [0, 0.1) is 40.5 Å². The van der Waals surface area contributed by atoms with Crippen LogP contribution in [-0.4, -0.2) is 90.5 Å². The van der Waals surface area contributed by atoms with Gasteiger partial charge in [0.25, 0.3) is 0 Å². The molecule has 0 radical (unpaired) electrons. The summed E-state index contributed by atoms with van der Waals surface area (Å²) in [6.45, 7) is -0.00605. The molecular formula is C14H24N6O8S4. The van der Waals surface area contributed by atoms with Gasteiger partial charge in [-0.15, -0.1) is 0 Å². The van der Waals surface area contributed by atoms with Gasteiger partial charge in [-0.25, -0.2) is 0 Å². The van der Waals surface area contributed by atoms with E-state index in [2.05, 4.69) is 0 Å². The van der Waals surface area contributed by atoms with Gasteiger partial charge in [0.1, 0.15) is 8.64 Å². The second-order valence-electron chi connectivity index (χ2n) is 6.31. The molecule has 0 aliphatic heterocycles. The average Bonchev–Trinajstić information content (AvgIpc) is 2.68. The summed E-state index contributed by atoms with van der Waals surface area (Å²) in [4.78, 5) is 43.7. The summed E-state index contributed by atoms with van der Waals surface area (Å²) in [5.74, 6) is 0. The molecule has 0 spiro atoms. The lowest BCUT2D eigenvalue weighted by molar-refractivity contribution is -0.481. The Kier molecular flexibility index (Phi) is 16.6. The van der Waals surface area contributed by atoms with Crippen LogP contribution in [0.15, 0.2) is 0 Å². The van der Waals surface area contributed by atoms with Gasteiger partial charge in [0, 0.05) is 71.6 Å². The summed E-state index contributed by atoms with van der Waals surface area (Å²) in [5, 5.41) is 42.2. The summed E-state index contributed by atoms with van der Waals surface area (Å²) >= 11 is 10.7. The quantitative estimate of drug-likeness (QED) is 0.122. The van der Waals surface area contributed by atoms with Crippen LogP contribution >= 0.6 is 46.0 Å². The lowest BCUT2D eigenvalue weighted by Crippen LogP contribution is -2.33. The monoisotopic (exact) mass is 532 g/mol. The first-order valence-corrected chi connectivity index (χ1v) is 12.4. The van der Waals surface area contributed by atoms with Gasteiger partial charge in [0.05, 0.1) is 0 Å². The van der Waals surface area contributed by atoms with Crippen LogP contribution < -0.4 is 0 Å². The topological polar surface area (TPSA) is 179 Å². The van der Waals surface area contributed by atoms with E-state index in [0.717, 1.165) is 21.6 Å². The van der Waals surface area contributed by atoms with Crippen molar-refractivity contribution in [2.24, 2.45) is 0 Å². The molecule has 0 heterocycles. The summed E-state index contributed by atoms with van der Waals surface area (Å²) in [7, 11) is 2.20. The Hall–Kier alpha value is -1.92. The normalized spacial score (nSPS) is 10.4.